The van der Waals surface area contributed by atoms with Gasteiger partial charge in [0.2, 0.25) is 0 Å². The number of carboxylic acids is 1. The van der Waals surface area contributed by atoms with Gasteiger partial charge in [-0.1, -0.05) is 31.4 Å². The molecule has 4 nitrogen and oxygen atoms in total. The molecule has 0 aliphatic heterocycles. The highest BCUT2D eigenvalue weighted by Gasteiger charge is 2.17. The highest BCUT2D eigenvalue weighted by molar-refractivity contribution is 6.30. The smallest absolute Gasteiger partial charge is 0.326 e. The molecular formula is C13H15ClN2O2. The van der Waals surface area contributed by atoms with Gasteiger partial charge in [-0.2, -0.15) is 5.26 Å². The second-order valence-electron chi connectivity index (χ2n) is 3.98. The van der Waals surface area contributed by atoms with E-state index in [9.17, 15) is 4.79 Å². The second-order valence-corrected chi connectivity index (χ2v) is 4.42. The fourth-order valence-electron chi connectivity index (χ4n) is 1.59. The van der Waals surface area contributed by atoms with Crippen LogP contribution in [0, 0.1) is 11.3 Å². The number of nitrogens with one attached hydrogen (secondary N) is 1. The molecule has 0 aliphatic carbocycles. The number of halogens is 1. The van der Waals surface area contributed by atoms with Crippen LogP contribution in [0.3, 0.4) is 0 Å². The van der Waals surface area contributed by atoms with Crippen LogP contribution in [0.25, 0.3) is 0 Å². The molecule has 0 aromatic heterocycles. The van der Waals surface area contributed by atoms with Gasteiger partial charge in [-0.05, 0) is 24.6 Å². The second kappa shape index (κ2) is 6.87. The van der Waals surface area contributed by atoms with Crippen molar-refractivity contribution in [1.29, 1.82) is 5.26 Å². The fourth-order valence-corrected chi connectivity index (χ4v) is 1.76. The van der Waals surface area contributed by atoms with E-state index in [-0.39, 0.29) is 0 Å². The normalized spacial score (nSPS) is 11.6. The van der Waals surface area contributed by atoms with Crippen molar-refractivity contribution >= 4 is 23.3 Å². The predicted octanol–water partition coefficient (Wildman–Crippen LogP) is 3.27. The molecule has 0 amide bonds. The monoisotopic (exact) mass is 266 g/mol. The summed E-state index contributed by atoms with van der Waals surface area (Å²) in [6.45, 7) is 2.00. The minimum Gasteiger partial charge on any atom is -0.480 e. The zero-order valence-electron chi connectivity index (χ0n) is 10.1. The topological polar surface area (TPSA) is 73.1 Å². The van der Waals surface area contributed by atoms with Crippen molar-refractivity contribution in [2.45, 2.75) is 32.2 Å². The van der Waals surface area contributed by atoms with Crippen molar-refractivity contribution < 1.29 is 9.90 Å². The van der Waals surface area contributed by atoms with E-state index < -0.39 is 12.0 Å². The van der Waals surface area contributed by atoms with Crippen molar-refractivity contribution in [3.05, 3.63) is 28.8 Å². The number of anilines is 1. The van der Waals surface area contributed by atoms with Crippen LogP contribution in [0.4, 0.5) is 5.69 Å². The van der Waals surface area contributed by atoms with E-state index in [4.69, 9.17) is 22.0 Å². The number of nitriles is 1. The van der Waals surface area contributed by atoms with Crippen LogP contribution in [0.1, 0.15) is 31.7 Å². The van der Waals surface area contributed by atoms with Gasteiger partial charge in [0.15, 0.2) is 0 Å². The number of unbranched alkanes of at least 4 members (excludes halogenated alkanes) is 1. The van der Waals surface area contributed by atoms with E-state index >= 15 is 0 Å². The highest BCUT2D eigenvalue weighted by atomic mass is 35.5. The molecule has 1 aromatic rings. The van der Waals surface area contributed by atoms with Gasteiger partial charge in [0.25, 0.3) is 0 Å². The third kappa shape index (κ3) is 3.94. The summed E-state index contributed by atoms with van der Waals surface area (Å²) in [6, 6.07) is 6.09. The Balaban J connectivity index is 2.87. The molecule has 96 valence electrons. The molecule has 0 saturated carbocycles. The first-order valence-electron chi connectivity index (χ1n) is 5.77. The predicted molar refractivity (Wildman–Crippen MR) is 70.7 cm³/mol. The number of aliphatic carboxylic acids is 1. The Morgan fingerprint density at radius 3 is 2.89 bits per heavy atom. The Morgan fingerprint density at radius 1 is 1.61 bits per heavy atom. The van der Waals surface area contributed by atoms with Crippen LogP contribution in [0.2, 0.25) is 5.02 Å². The SMILES string of the molecule is CCCCC(Nc1ccc(Cl)cc1C#N)C(=O)O. The lowest BCUT2D eigenvalue weighted by atomic mass is 10.1. The molecule has 0 radical (unpaired) electrons. The summed E-state index contributed by atoms with van der Waals surface area (Å²) in [5.41, 5.74) is 0.857. The first-order valence-corrected chi connectivity index (χ1v) is 6.15. The molecule has 2 N–H and O–H groups in total. The molecule has 1 aromatic carbocycles. The average Bonchev–Trinajstić information content (AvgIpc) is 2.35. The Bertz CT molecular complexity index is 469. The van der Waals surface area contributed by atoms with Gasteiger partial charge in [0.05, 0.1) is 11.3 Å². The zero-order chi connectivity index (χ0) is 13.5. The van der Waals surface area contributed by atoms with Crippen LogP contribution >= 0.6 is 11.6 Å². The molecule has 0 heterocycles. The lowest BCUT2D eigenvalue weighted by Crippen LogP contribution is -2.29. The van der Waals surface area contributed by atoms with Crippen LogP contribution in [-0.4, -0.2) is 17.1 Å². The average molecular weight is 267 g/mol. The number of benzene rings is 1. The van der Waals surface area contributed by atoms with E-state index in [1.54, 1.807) is 12.1 Å². The fraction of sp³-hybridized carbons (Fsp3) is 0.385. The van der Waals surface area contributed by atoms with Crippen LogP contribution < -0.4 is 5.32 Å². The summed E-state index contributed by atoms with van der Waals surface area (Å²) in [5.74, 6) is -0.915. The van der Waals surface area contributed by atoms with Gasteiger partial charge in [0, 0.05) is 5.02 Å². The summed E-state index contributed by atoms with van der Waals surface area (Å²) in [7, 11) is 0. The lowest BCUT2D eigenvalue weighted by Gasteiger charge is -2.16. The summed E-state index contributed by atoms with van der Waals surface area (Å²) in [4.78, 5) is 11.1. The third-order valence-electron chi connectivity index (χ3n) is 2.58. The molecule has 0 bridgehead atoms. The number of rotatable bonds is 6. The van der Waals surface area contributed by atoms with Crippen molar-refractivity contribution in [3.63, 3.8) is 0 Å². The molecule has 1 unspecified atom stereocenters. The molecule has 0 fully saturated rings. The molecule has 1 rings (SSSR count). The standard InChI is InChI=1S/C13H15ClN2O2/c1-2-3-4-12(13(17)18)16-11-6-5-10(14)7-9(11)8-15/h5-7,12,16H,2-4H2,1H3,(H,17,18). The van der Waals surface area contributed by atoms with Crippen molar-refractivity contribution in [2.24, 2.45) is 0 Å². The first-order chi connectivity index (χ1) is 8.58. The first kappa shape index (κ1) is 14.3. The maximum atomic E-state index is 11.1. The van der Waals surface area contributed by atoms with Crippen molar-refractivity contribution in [2.75, 3.05) is 5.32 Å². The zero-order valence-corrected chi connectivity index (χ0v) is 10.9. The van der Waals surface area contributed by atoms with Gasteiger partial charge in [0.1, 0.15) is 12.1 Å². The van der Waals surface area contributed by atoms with Crippen molar-refractivity contribution in [3.8, 4) is 6.07 Å². The Morgan fingerprint density at radius 2 is 2.33 bits per heavy atom. The number of nitrogens with zero attached hydrogens (tertiary/aromatic N) is 1. The summed E-state index contributed by atoms with van der Waals surface area (Å²) in [6.07, 6.45) is 2.27. The maximum absolute atomic E-state index is 11.1. The Hall–Kier alpha value is -1.73. The number of hydrogen-bond donors (Lipinski definition) is 2. The molecule has 18 heavy (non-hydrogen) atoms. The molecule has 0 spiro atoms. The molecular weight excluding hydrogens is 252 g/mol. The van der Waals surface area contributed by atoms with E-state index in [1.807, 2.05) is 13.0 Å². The van der Waals surface area contributed by atoms with Gasteiger partial charge >= 0.3 is 5.97 Å². The largest absolute Gasteiger partial charge is 0.480 e. The Labute approximate surface area is 111 Å². The van der Waals surface area contributed by atoms with E-state index in [2.05, 4.69) is 5.32 Å². The molecule has 1 atom stereocenters. The molecule has 0 aliphatic rings. The van der Waals surface area contributed by atoms with Crippen LogP contribution in [-0.2, 0) is 4.79 Å². The van der Waals surface area contributed by atoms with E-state index in [0.717, 1.165) is 12.8 Å². The molecule has 0 saturated heterocycles. The summed E-state index contributed by atoms with van der Waals surface area (Å²) >= 11 is 5.78. The van der Waals surface area contributed by atoms with Crippen molar-refractivity contribution in [1.82, 2.24) is 0 Å². The summed E-state index contributed by atoms with van der Waals surface area (Å²) < 4.78 is 0. The van der Waals surface area contributed by atoms with Gasteiger partial charge in [-0.15, -0.1) is 0 Å². The Kier molecular flexibility index (Phi) is 5.47. The third-order valence-corrected chi connectivity index (χ3v) is 2.81. The van der Waals surface area contributed by atoms with E-state index in [1.165, 1.54) is 6.07 Å². The van der Waals surface area contributed by atoms with Gasteiger partial charge < -0.3 is 10.4 Å². The highest BCUT2D eigenvalue weighted by Crippen LogP contribution is 2.21. The lowest BCUT2D eigenvalue weighted by molar-refractivity contribution is -0.138. The quantitative estimate of drug-likeness (QED) is 0.829. The van der Waals surface area contributed by atoms with Gasteiger partial charge in [-0.25, -0.2) is 4.79 Å². The number of hydrogen-bond acceptors (Lipinski definition) is 3. The maximum Gasteiger partial charge on any atom is 0.326 e. The minimum absolute atomic E-state index is 0.352. The number of carbonyl (C=O) groups is 1. The van der Waals surface area contributed by atoms with Gasteiger partial charge in [-0.3, -0.25) is 0 Å². The minimum atomic E-state index is -0.915. The number of carboxylic acid groups (broad SMARTS) is 1. The van der Waals surface area contributed by atoms with Crippen LogP contribution in [0.5, 0.6) is 0 Å². The summed E-state index contributed by atoms with van der Waals surface area (Å²) in [5, 5.41) is 21.4. The van der Waals surface area contributed by atoms with E-state index in [0.29, 0.717) is 22.7 Å². The van der Waals surface area contributed by atoms with Crippen LogP contribution in [0.15, 0.2) is 18.2 Å². The molecule has 5 heteroatoms.